The first-order chi connectivity index (χ1) is 15.2. The van der Waals surface area contributed by atoms with Gasteiger partial charge in [0, 0.05) is 6.07 Å². The van der Waals surface area contributed by atoms with Crippen LogP contribution in [-0.4, -0.2) is 30.7 Å². The maximum absolute atomic E-state index is 13.0. The normalized spacial score (nSPS) is 11.4. The predicted molar refractivity (Wildman–Crippen MR) is 121 cm³/mol. The highest BCUT2D eigenvalue weighted by molar-refractivity contribution is 7.91. The fraction of sp³-hybridized carbons (Fsp3) is 0.261. The number of ether oxygens (including phenoxy) is 1. The second-order valence-electron chi connectivity index (χ2n) is 7.37. The molecule has 168 valence electrons. The van der Waals surface area contributed by atoms with Crippen molar-refractivity contribution < 1.29 is 17.9 Å². The number of benzene rings is 2. The van der Waals surface area contributed by atoms with Gasteiger partial charge in [-0.2, -0.15) is 5.10 Å². The van der Waals surface area contributed by atoms with E-state index in [1.165, 1.54) is 12.1 Å². The molecule has 8 nitrogen and oxygen atoms in total. The molecule has 9 heteroatoms. The molecule has 0 aliphatic heterocycles. The highest BCUT2D eigenvalue weighted by Gasteiger charge is 2.21. The number of aromatic nitrogens is 2. The van der Waals surface area contributed by atoms with Crippen LogP contribution in [0.2, 0.25) is 0 Å². The van der Waals surface area contributed by atoms with Crippen LogP contribution < -0.4 is 15.6 Å². The van der Waals surface area contributed by atoms with Gasteiger partial charge in [-0.1, -0.05) is 38.1 Å². The number of amides is 1. The lowest BCUT2D eigenvalue weighted by Gasteiger charge is -2.12. The van der Waals surface area contributed by atoms with Gasteiger partial charge in [-0.15, -0.1) is 0 Å². The monoisotopic (exact) mass is 455 g/mol. The minimum Gasteiger partial charge on any atom is -0.492 e. The molecule has 0 aliphatic carbocycles. The van der Waals surface area contributed by atoms with Gasteiger partial charge in [0.05, 0.1) is 17.2 Å². The fourth-order valence-electron chi connectivity index (χ4n) is 3.02. The molecule has 0 saturated heterocycles. The predicted octanol–water partition coefficient (Wildman–Crippen LogP) is 3.24. The quantitative estimate of drug-likeness (QED) is 0.559. The van der Waals surface area contributed by atoms with Crippen LogP contribution in [0.1, 0.15) is 32.3 Å². The van der Waals surface area contributed by atoms with Crippen LogP contribution in [0.15, 0.2) is 75.4 Å². The van der Waals surface area contributed by atoms with Crippen LogP contribution >= 0.6 is 0 Å². The Labute approximate surface area is 186 Å². The lowest BCUT2D eigenvalue weighted by Crippen LogP contribution is -2.30. The fourth-order valence-corrected chi connectivity index (χ4v) is 4.21. The van der Waals surface area contributed by atoms with Crippen molar-refractivity contribution >= 4 is 21.4 Å². The van der Waals surface area contributed by atoms with Crippen molar-refractivity contribution in [1.29, 1.82) is 0 Å². The number of anilines is 1. The molecular weight excluding hydrogens is 430 g/mol. The van der Waals surface area contributed by atoms with Crippen molar-refractivity contribution in [2.24, 2.45) is 0 Å². The third-order valence-electron chi connectivity index (χ3n) is 4.73. The van der Waals surface area contributed by atoms with Gasteiger partial charge < -0.3 is 10.1 Å². The molecule has 0 spiro atoms. The molecule has 3 aromatic rings. The third kappa shape index (κ3) is 5.23. The second-order valence-corrected chi connectivity index (χ2v) is 9.27. The van der Waals surface area contributed by atoms with Crippen molar-refractivity contribution in [3.63, 3.8) is 0 Å². The topological polar surface area (TPSA) is 107 Å². The van der Waals surface area contributed by atoms with E-state index in [9.17, 15) is 18.0 Å². The molecule has 0 aliphatic rings. The molecule has 1 N–H and O–H groups in total. The Bertz CT molecular complexity index is 1270. The van der Waals surface area contributed by atoms with Crippen molar-refractivity contribution in [3.8, 4) is 5.75 Å². The molecule has 0 bridgehead atoms. The molecule has 1 amide bonds. The molecule has 0 saturated carbocycles. The van der Waals surface area contributed by atoms with Crippen molar-refractivity contribution in [1.82, 2.24) is 9.78 Å². The average Bonchev–Trinajstić information content (AvgIpc) is 2.76. The number of nitrogens with one attached hydrogen (secondary N) is 1. The van der Waals surface area contributed by atoms with Crippen LogP contribution in [0.5, 0.6) is 5.75 Å². The van der Waals surface area contributed by atoms with Crippen LogP contribution in [0.25, 0.3) is 0 Å². The first-order valence-electron chi connectivity index (χ1n) is 10.2. The molecule has 0 atom stereocenters. The van der Waals surface area contributed by atoms with Gasteiger partial charge in [0.25, 0.3) is 5.56 Å². The number of hydrogen-bond donors (Lipinski definition) is 1. The van der Waals surface area contributed by atoms with Crippen molar-refractivity contribution in [2.45, 2.75) is 43.2 Å². The number of para-hydroxylation sites is 2. The van der Waals surface area contributed by atoms with E-state index in [-0.39, 0.29) is 15.8 Å². The van der Waals surface area contributed by atoms with Crippen LogP contribution in [0, 0.1) is 0 Å². The highest BCUT2D eigenvalue weighted by Crippen LogP contribution is 2.24. The number of sulfone groups is 1. The summed E-state index contributed by atoms with van der Waals surface area (Å²) in [7, 11) is -3.95. The number of hydrogen-bond acceptors (Lipinski definition) is 6. The lowest BCUT2D eigenvalue weighted by molar-refractivity contribution is -0.117. The maximum Gasteiger partial charge on any atom is 0.267 e. The third-order valence-corrected chi connectivity index (χ3v) is 6.39. The van der Waals surface area contributed by atoms with E-state index in [1.54, 1.807) is 36.4 Å². The molecule has 1 aromatic heterocycles. The number of rotatable bonds is 8. The van der Waals surface area contributed by atoms with E-state index in [4.69, 9.17) is 4.74 Å². The highest BCUT2D eigenvalue weighted by atomic mass is 32.2. The van der Waals surface area contributed by atoms with E-state index in [2.05, 4.69) is 10.4 Å². The van der Waals surface area contributed by atoms with E-state index in [0.717, 1.165) is 22.4 Å². The van der Waals surface area contributed by atoms with Crippen molar-refractivity contribution in [3.05, 3.63) is 76.6 Å². The first kappa shape index (κ1) is 23.2. The molecule has 3 rings (SSSR count). The minimum atomic E-state index is -3.95. The van der Waals surface area contributed by atoms with Crippen LogP contribution in [0.4, 0.5) is 5.69 Å². The van der Waals surface area contributed by atoms with Crippen LogP contribution in [0.3, 0.4) is 0 Å². The van der Waals surface area contributed by atoms with Gasteiger partial charge in [-0.05, 0) is 48.7 Å². The average molecular weight is 456 g/mol. The van der Waals surface area contributed by atoms with E-state index < -0.39 is 27.8 Å². The molecule has 0 radical (unpaired) electrons. The lowest BCUT2D eigenvalue weighted by atomic mass is 10.0. The van der Waals surface area contributed by atoms with Crippen molar-refractivity contribution in [2.75, 3.05) is 11.9 Å². The summed E-state index contributed by atoms with van der Waals surface area (Å²) in [5.74, 6) is 0.213. The minimum absolute atomic E-state index is 0.0645. The Morgan fingerprint density at radius 2 is 1.75 bits per heavy atom. The number of nitrogens with zero attached hydrogens (tertiary/aromatic N) is 2. The Kier molecular flexibility index (Phi) is 7.09. The number of carbonyl (C=O) groups excluding carboxylic acids is 1. The Hall–Kier alpha value is -3.46. The van der Waals surface area contributed by atoms with Gasteiger partial charge in [-0.25, -0.2) is 13.1 Å². The van der Waals surface area contributed by atoms with E-state index in [1.807, 2.05) is 20.8 Å². The zero-order valence-corrected chi connectivity index (χ0v) is 18.9. The van der Waals surface area contributed by atoms with Gasteiger partial charge in [0.2, 0.25) is 15.7 Å². The van der Waals surface area contributed by atoms with Gasteiger partial charge in [-0.3, -0.25) is 9.59 Å². The Balaban J connectivity index is 1.84. The largest absolute Gasteiger partial charge is 0.492 e. The Morgan fingerprint density at radius 3 is 2.41 bits per heavy atom. The summed E-state index contributed by atoms with van der Waals surface area (Å²) in [6.45, 7) is 5.82. The molecule has 32 heavy (non-hydrogen) atoms. The second kappa shape index (κ2) is 9.78. The standard InChI is InChI=1S/C23H25N3O5S/c1-4-31-20-8-6-5-7-19(20)24-21(27)15-26-23(28)14-13-22(25-26)32(29,30)18-11-9-17(10-12-18)16(2)3/h5-14,16H,4,15H2,1-3H3,(H,24,27). The Morgan fingerprint density at radius 1 is 1.06 bits per heavy atom. The summed E-state index contributed by atoms with van der Waals surface area (Å²) in [5.41, 5.74) is 0.861. The zero-order valence-electron chi connectivity index (χ0n) is 18.1. The summed E-state index contributed by atoms with van der Waals surface area (Å²) in [6, 6.07) is 15.6. The van der Waals surface area contributed by atoms with E-state index in [0.29, 0.717) is 18.0 Å². The SMILES string of the molecule is CCOc1ccccc1NC(=O)Cn1nc(S(=O)(=O)c2ccc(C(C)C)cc2)ccc1=O. The summed E-state index contributed by atoms with van der Waals surface area (Å²) >= 11 is 0. The zero-order chi connectivity index (χ0) is 23.3. The summed E-state index contributed by atoms with van der Waals surface area (Å²) in [5, 5.41) is 6.30. The van der Waals surface area contributed by atoms with Gasteiger partial charge >= 0.3 is 0 Å². The molecule has 0 unspecified atom stereocenters. The maximum atomic E-state index is 13.0. The summed E-state index contributed by atoms with van der Waals surface area (Å²) < 4.78 is 32.3. The summed E-state index contributed by atoms with van der Waals surface area (Å²) in [6.07, 6.45) is 0. The molecule has 0 fully saturated rings. The van der Waals surface area contributed by atoms with Crippen LogP contribution in [-0.2, 0) is 21.2 Å². The first-order valence-corrected chi connectivity index (χ1v) is 11.7. The summed E-state index contributed by atoms with van der Waals surface area (Å²) in [4.78, 5) is 24.8. The van der Waals surface area contributed by atoms with Gasteiger partial charge in [0.15, 0.2) is 5.03 Å². The molecular formula is C23H25N3O5S. The van der Waals surface area contributed by atoms with Gasteiger partial charge in [0.1, 0.15) is 12.3 Å². The van der Waals surface area contributed by atoms with E-state index >= 15 is 0 Å². The number of carbonyl (C=O) groups is 1. The molecule has 2 aromatic carbocycles. The smallest absolute Gasteiger partial charge is 0.267 e. The molecule has 1 heterocycles.